The molecule has 0 bridgehead atoms. The van der Waals surface area contributed by atoms with E-state index >= 15 is 0 Å². The standard InChI is InChI=1S/C8H14O/c1-7-3-4-8(2)9-6-5-7/h3,8H,4-6H2,1-2H3/t8-/m1/s1. The molecule has 0 aliphatic carbocycles. The monoisotopic (exact) mass is 126 g/mol. The van der Waals surface area contributed by atoms with Gasteiger partial charge in [0.15, 0.2) is 0 Å². The first-order valence-electron chi connectivity index (χ1n) is 3.56. The summed E-state index contributed by atoms with van der Waals surface area (Å²) in [5.74, 6) is 0. The van der Waals surface area contributed by atoms with E-state index in [1.807, 2.05) is 0 Å². The maximum absolute atomic E-state index is 5.42. The first kappa shape index (κ1) is 6.81. The van der Waals surface area contributed by atoms with Gasteiger partial charge >= 0.3 is 0 Å². The van der Waals surface area contributed by atoms with E-state index < -0.39 is 0 Å². The summed E-state index contributed by atoms with van der Waals surface area (Å²) in [5.41, 5.74) is 1.47. The van der Waals surface area contributed by atoms with Crippen LogP contribution in [0.3, 0.4) is 0 Å². The van der Waals surface area contributed by atoms with Gasteiger partial charge in [-0.3, -0.25) is 0 Å². The predicted molar refractivity (Wildman–Crippen MR) is 38.4 cm³/mol. The molecule has 1 atom stereocenters. The van der Waals surface area contributed by atoms with Crippen molar-refractivity contribution in [3.63, 3.8) is 0 Å². The second kappa shape index (κ2) is 3.02. The summed E-state index contributed by atoms with van der Waals surface area (Å²) >= 11 is 0. The first-order valence-corrected chi connectivity index (χ1v) is 3.56. The summed E-state index contributed by atoms with van der Waals surface area (Å²) < 4.78 is 5.42. The Labute approximate surface area is 56.7 Å². The Balaban J connectivity index is 2.42. The molecule has 0 fully saturated rings. The van der Waals surface area contributed by atoms with Gasteiger partial charge < -0.3 is 4.74 Å². The van der Waals surface area contributed by atoms with E-state index in [1.54, 1.807) is 0 Å². The van der Waals surface area contributed by atoms with Crippen LogP contribution < -0.4 is 0 Å². The minimum absolute atomic E-state index is 0.433. The van der Waals surface area contributed by atoms with Gasteiger partial charge in [-0.25, -0.2) is 0 Å². The second-order valence-electron chi connectivity index (χ2n) is 2.72. The molecule has 0 saturated carbocycles. The zero-order valence-electron chi connectivity index (χ0n) is 6.18. The van der Waals surface area contributed by atoms with Crippen molar-refractivity contribution in [1.82, 2.24) is 0 Å². The zero-order valence-corrected chi connectivity index (χ0v) is 6.18. The SMILES string of the molecule is CC1=CC[C@@H](C)OCC1. The summed E-state index contributed by atoms with van der Waals surface area (Å²) in [6.45, 7) is 5.19. The van der Waals surface area contributed by atoms with Crippen LogP contribution in [0.1, 0.15) is 26.7 Å². The van der Waals surface area contributed by atoms with Crippen LogP contribution in [0.2, 0.25) is 0 Å². The van der Waals surface area contributed by atoms with Gasteiger partial charge in [0.1, 0.15) is 0 Å². The van der Waals surface area contributed by atoms with E-state index in [1.165, 1.54) is 5.57 Å². The quantitative estimate of drug-likeness (QED) is 0.452. The molecule has 0 saturated heterocycles. The Morgan fingerprint density at radius 3 is 3.22 bits per heavy atom. The van der Waals surface area contributed by atoms with Gasteiger partial charge in [0.05, 0.1) is 12.7 Å². The Morgan fingerprint density at radius 1 is 1.67 bits per heavy atom. The summed E-state index contributed by atoms with van der Waals surface area (Å²) in [7, 11) is 0. The molecule has 0 spiro atoms. The van der Waals surface area contributed by atoms with E-state index in [9.17, 15) is 0 Å². The first-order chi connectivity index (χ1) is 4.29. The molecule has 0 radical (unpaired) electrons. The Morgan fingerprint density at radius 2 is 2.44 bits per heavy atom. The van der Waals surface area contributed by atoms with Crippen molar-refractivity contribution in [3.05, 3.63) is 11.6 Å². The molecule has 1 rings (SSSR count). The number of hydrogen-bond acceptors (Lipinski definition) is 1. The van der Waals surface area contributed by atoms with Crippen LogP contribution >= 0.6 is 0 Å². The Hall–Kier alpha value is -0.300. The van der Waals surface area contributed by atoms with Crippen LogP contribution in [0.15, 0.2) is 11.6 Å². The van der Waals surface area contributed by atoms with E-state index in [0.29, 0.717) is 6.10 Å². The number of ether oxygens (including phenoxy) is 1. The molecule has 0 aromatic heterocycles. The van der Waals surface area contributed by atoms with Crippen LogP contribution in [0, 0.1) is 0 Å². The fourth-order valence-electron chi connectivity index (χ4n) is 0.958. The van der Waals surface area contributed by atoms with Crippen molar-refractivity contribution >= 4 is 0 Å². The summed E-state index contributed by atoms with van der Waals surface area (Å²) in [6, 6.07) is 0. The molecule has 1 heteroatoms. The molecule has 1 nitrogen and oxygen atoms in total. The Bertz CT molecular complexity index is 116. The number of hydrogen-bond donors (Lipinski definition) is 0. The fourth-order valence-corrected chi connectivity index (χ4v) is 0.958. The van der Waals surface area contributed by atoms with Crippen LogP contribution in [-0.4, -0.2) is 12.7 Å². The lowest BCUT2D eigenvalue weighted by Gasteiger charge is -2.05. The highest BCUT2D eigenvalue weighted by Crippen LogP contribution is 2.11. The van der Waals surface area contributed by atoms with Crippen LogP contribution in [0.5, 0.6) is 0 Å². The van der Waals surface area contributed by atoms with Crippen molar-refractivity contribution in [3.8, 4) is 0 Å². The molecule has 0 unspecified atom stereocenters. The molecule has 0 amide bonds. The molecule has 1 aliphatic heterocycles. The van der Waals surface area contributed by atoms with Gasteiger partial charge in [0.2, 0.25) is 0 Å². The summed E-state index contributed by atoms with van der Waals surface area (Å²) in [5, 5.41) is 0. The average Bonchev–Trinajstić information content (AvgIpc) is 1.97. The summed E-state index contributed by atoms with van der Waals surface area (Å²) in [4.78, 5) is 0. The van der Waals surface area contributed by atoms with E-state index in [2.05, 4.69) is 19.9 Å². The zero-order chi connectivity index (χ0) is 6.69. The molecule has 52 valence electrons. The fraction of sp³-hybridized carbons (Fsp3) is 0.750. The maximum Gasteiger partial charge on any atom is 0.0581 e. The van der Waals surface area contributed by atoms with E-state index in [-0.39, 0.29) is 0 Å². The number of rotatable bonds is 0. The molecule has 9 heavy (non-hydrogen) atoms. The van der Waals surface area contributed by atoms with Crippen molar-refractivity contribution in [2.75, 3.05) is 6.61 Å². The van der Waals surface area contributed by atoms with Crippen molar-refractivity contribution in [1.29, 1.82) is 0 Å². The average molecular weight is 126 g/mol. The van der Waals surface area contributed by atoms with Gasteiger partial charge in [-0.1, -0.05) is 11.6 Å². The van der Waals surface area contributed by atoms with Gasteiger partial charge in [-0.05, 0) is 26.7 Å². The Kier molecular flexibility index (Phi) is 2.29. The highest BCUT2D eigenvalue weighted by Gasteiger charge is 2.03. The normalized spacial score (nSPS) is 29.1. The second-order valence-corrected chi connectivity index (χ2v) is 2.72. The molecular formula is C8H14O. The van der Waals surface area contributed by atoms with Crippen molar-refractivity contribution in [2.45, 2.75) is 32.8 Å². The minimum Gasteiger partial charge on any atom is -0.378 e. The van der Waals surface area contributed by atoms with E-state index in [4.69, 9.17) is 4.74 Å². The summed E-state index contributed by atoms with van der Waals surface area (Å²) in [6.07, 6.45) is 4.91. The smallest absolute Gasteiger partial charge is 0.0581 e. The largest absolute Gasteiger partial charge is 0.378 e. The molecule has 0 N–H and O–H groups in total. The molecule has 1 heterocycles. The maximum atomic E-state index is 5.42. The lowest BCUT2D eigenvalue weighted by Crippen LogP contribution is -2.04. The third kappa shape index (κ3) is 2.19. The molecular weight excluding hydrogens is 112 g/mol. The van der Waals surface area contributed by atoms with E-state index in [0.717, 1.165) is 19.4 Å². The minimum atomic E-state index is 0.433. The van der Waals surface area contributed by atoms with Crippen LogP contribution in [0.4, 0.5) is 0 Å². The highest BCUT2D eigenvalue weighted by atomic mass is 16.5. The third-order valence-corrected chi connectivity index (χ3v) is 1.70. The van der Waals surface area contributed by atoms with Crippen LogP contribution in [0.25, 0.3) is 0 Å². The van der Waals surface area contributed by atoms with Crippen LogP contribution in [-0.2, 0) is 4.74 Å². The van der Waals surface area contributed by atoms with Gasteiger partial charge in [-0.15, -0.1) is 0 Å². The van der Waals surface area contributed by atoms with Crippen molar-refractivity contribution in [2.24, 2.45) is 0 Å². The van der Waals surface area contributed by atoms with Gasteiger partial charge in [-0.2, -0.15) is 0 Å². The lowest BCUT2D eigenvalue weighted by molar-refractivity contribution is 0.0752. The molecule has 0 aromatic rings. The van der Waals surface area contributed by atoms with Gasteiger partial charge in [0.25, 0.3) is 0 Å². The van der Waals surface area contributed by atoms with Crippen molar-refractivity contribution < 1.29 is 4.74 Å². The molecule has 1 aliphatic rings. The lowest BCUT2D eigenvalue weighted by atomic mass is 10.2. The molecule has 0 aromatic carbocycles. The highest BCUT2D eigenvalue weighted by molar-refractivity contribution is 4.99. The topological polar surface area (TPSA) is 9.23 Å². The van der Waals surface area contributed by atoms with Gasteiger partial charge in [0, 0.05) is 0 Å². The predicted octanol–water partition coefficient (Wildman–Crippen LogP) is 2.13. The third-order valence-electron chi connectivity index (χ3n) is 1.70.